The third kappa shape index (κ3) is 7.35. The zero-order valence-corrected chi connectivity index (χ0v) is 28.3. The monoisotopic (exact) mass is 619 g/mol. The van der Waals surface area contributed by atoms with Gasteiger partial charge in [0.1, 0.15) is 11.4 Å². The van der Waals surface area contributed by atoms with Crippen molar-refractivity contribution in [3.05, 3.63) is 59.3 Å². The zero-order valence-electron chi connectivity index (χ0n) is 28.3. The molecule has 9 heteroatoms. The van der Waals surface area contributed by atoms with Crippen LogP contribution in [0.15, 0.2) is 36.8 Å². The first kappa shape index (κ1) is 32.9. The highest BCUT2D eigenvalue weighted by atomic mass is 19.1. The smallest absolute Gasteiger partial charge is 0.410 e. The Labute approximate surface area is 267 Å². The molecule has 2 aliphatic rings. The number of likely N-dealkylation sites (tertiary alicyclic amines) is 2. The Morgan fingerprint density at radius 3 is 2.53 bits per heavy atom. The van der Waals surface area contributed by atoms with Gasteiger partial charge >= 0.3 is 6.09 Å². The van der Waals surface area contributed by atoms with Crippen molar-refractivity contribution in [3.8, 4) is 5.69 Å². The molecular formula is C36H50FN5O3. The van der Waals surface area contributed by atoms with Crippen LogP contribution in [0.2, 0.25) is 0 Å². The molecule has 0 bridgehead atoms. The number of piperidine rings is 1. The van der Waals surface area contributed by atoms with E-state index in [1.54, 1.807) is 18.0 Å². The summed E-state index contributed by atoms with van der Waals surface area (Å²) in [4.78, 5) is 36.6. The predicted octanol–water partition coefficient (Wildman–Crippen LogP) is 6.86. The second-order valence-electron chi connectivity index (χ2n) is 14.9. The molecule has 2 fully saturated rings. The van der Waals surface area contributed by atoms with Crippen molar-refractivity contribution >= 4 is 22.9 Å². The van der Waals surface area contributed by atoms with E-state index in [0.29, 0.717) is 17.2 Å². The molecule has 0 saturated carbocycles. The number of nitrogens with zero attached hydrogens (tertiary/aromatic N) is 5. The highest BCUT2D eigenvalue weighted by Gasteiger charge is 2.37. The predicted molar refractivity (Wildman–Crippen MR) is 176 cm³/mol. The molecule has 2 saturated heterocycles. The fraction of sp³-hybridized carbons (Fsp3) is 0.583. The number of amides is 2. The van der Waals surface area contributed by atoms with Crippen LogP contribution in [0.25, 0.3) is 16.6 Å². The highest BCUT2D eigenvalue weighted by molar-refractivity contribution is 5.99. The maximum Gasteiger partial charge on any atom is 0.410 e. The number of hydrogen-bond donors (Lipinski definition) is 0. The number of pyridine rings is 1. The fourth-order valence-corrected chi connectivity index (χ4v) is 6.90. The summed E-state index contributed by atoms with van der Waals surface area (Å²) in [5, 5.41) is 1.16. The number of carbonyl (C=O) groups excluding carboxylic acids is 2. The molecule has 45 heavy (non-hydrogen) atoms. The Hall–Kier alpha value is -3.46. The largest absolute Gasteiger partial charge is 0.444 e. The van der Waals surface area contributed by atoms with E-state index in [1.165, 1.54) is 17.7 Å². The van der Waals surface area contributed by atoms with Crippen LogP contribution in [0, 0.1) is 24.1 Å². The summed E-state index contributed by atoms with van der Waals surface area (Å²) in [6, 6.07) is 4.45. The Kier molecular flexibility index (Phi) is 9.32. The first-order chi connectivity index (χ1) is 21.1. The van der Waals surface area contributed by atoms with E-state index in [1.807, 2.05) is 56.5 Å². The molecule has 0 radical (unpaired) electrons. The van der Waals surface area contributed by atoms with Gasteiger partial charge < -0.3 is 24.0 Å². The standard InChI is InChI=1S/C36H50FN5O3/c1-24(2)39(8)33(43)29-18-28(37)9-10-30(29)42-22-27(32-25(3)19-38-20-31(32)42)17-26-11-14-40(21-26)23-36(7)12-15-41(16-13-36)34(44)45-35(4,5)6/h9-10,18-20,22,24,26H,11-17,21,23H2,1-8H3/t26-/m0/s1. The quantitative estimate of drug-likeness (QED) is 0.289. The summed E-state index contributed by atoms with van der Waals surface area (Å²) in [5.74, 6) is -0.135. The number of benzene rings is 1. The lowest BCUT2D eigenvalue weighted by Crippen LogP contribution is -2.47. The number of rotatable bonds is 7. The maximum atomic E-state index is 14.5. The van der Waals surface area contributed by atoms with E-state index < -0.39 is 11.4 Å². The van der Waals surface area contributed by atoms with E-state index in [9.17, 15) is 14.0 Å². The van der Waals surface area contributed by atoms with Crippen LogP contribution in [0.3, 0.4) is 0 Å². The van der Waals surface area contributed by atoms with Gasteiger partial charge in [0.05, 0.1) is 23.0 Å². The Bertz CT molecular complexity index is 1550. The molecule has 2 amide bonds. The maximum absolute atomic E-state index is 14.5. The minimum atomic E-state index is -0.479. The number of ether oxygens (including phenoxy) is 1. The van der Waals surface area contributed by atoms with E-state index in [-0.39, 0.29) is 23.5 Å². The van der Waals surface area contributed by atoms with E-state index in [4.69, 9.17) is 4.74 Å². The molecule has 3 aromatic rings. The highest BCUT2D eigenvalue weighted by Crippen LogP contribution is 2.36. The average molecular weight is 620 g/mol. The van der Waals surface area contributed by atoms with Crippen LogP contribution in [0.4, 0.5) is 9.18 Å². The minimum Gasteiger partial charge on any atom is -0.444 e. The molecule has 0 aliphatic carbocycles. The average Bonchev–Trinajstić information content (AvgIpc) is 3.56. The summed E-state index contributed by atoms with van der Waals surface area (Å²) in [6.07, 6.45) is 9.65. The van der Waals surface area contributed by atoms with Crippen molar-refractivity contribution in [2.75, 3.05) is 39.8 Å². The molecule has 2 aliphatic heterocycles. The molecular weight excluding hydrogens is 569 g/mol. The minimum absolute atomic E-state index is 0.0143. The van der Waals surface area contributed by atoms with E-state index >= 15 is 0 Å². The zero-order chi connectivity index (χ0) is 32.7. The van der Waals surface area contributed by atoms with Crippen LogP contribution in [-0.4, -0.2) is 87.7 Å². The molecule has 5 rings (SSSR count). The third-order valence-electron chi connectivity index (χ3n) is 9.63. The van der Waals surface area contributed by atoms with Gasteiger partial charge in [-0.1, -0.05) is 6.92 Å². The van der Waals surface area contributed by atoms with Gasteiger partial charge in [0, 0.05) is 57.0 Å². The summed E-state index contributed by atoms with van der Waals surface area (Å²) < 4.78 is 22.1. The van der Waals surface area contributed by atoms with Crippen molar-refractivity contribution in [1.29, 1.82) is 0 Å². The van der Waals surface area contributed by atoms with Gasteiger partial charge in [0.15, 0.2) is 0 Å². The van der Waals surface area contributed by atoms with Crippen LogP contribution >= 0.6 is 0 Å². The normalized spacial score (nSPS) is 19.0. The first-order valence-corrected chi connectivity index (χ1v) is 16.4. The van der Waals surface area contributed by atoms with Crippen molar-refractivity contribution in [2.24, 2.45) is 11.3 Å². The number of aromatic nitrogens is 2. The van der Waals surface area contributed by atoms with Gasteiger partial charge in [-0.05, 0) is 114 Å². The lowest BCUT2D eigenvalue weighted by Gasteiger charge is -2.41. The van der Waals surface area contributed by atoms with Gasteiger partial charge in [-0.3, -0.25) is 9.78 Å². The Balaban J connectivity index is 1.31. The van der Waals surface area contributed by atoms with Gasteiger partial charge in [0.2, 0.25) is 0 Å². The second kappa shape index (κ2) is 12.7. The van der Waals surface area contributed by atoms with Gasteiger partial charge in [-0.15, -0.1) is 0 Å². The number of fused-ring (bicyclic) bond motifs is 1. The topological polar surface area (TPSA) is 70.9 Å². The molecule has 8 nitrogen and oxygen atoms in total. The summed E-state index contributed by atoms with van der Waals surface area (Å²) in [7, 11) is 1.75. The molecule has 0 N–H and O–H groups in total. The number of aryl methyl sites for hydroxylation is 1. The first-order valence-electron chi connectivity index (χ1n) is 16.4. The molecule has 2 aromatic heterocycles. The van der Waals surface area contributed by atoms with Crippen LogP contribution in [-0.2, 0) is 11.2 Å². The Morgan fingerprint density at radius 1 is 1.16 bits per heavy atom. The second-order valence-corrected chi connectivity index (χ2v) is 14.9. The molecule has 244 valence electrons. The summed E-state index contributed by atoms with van der Waals surface area (Å²) in [6.45, 7) is 18.7. The van der Waals surface area contributed by atoms with Crippen molar-refractivity contribution in [2.45, 2.75) is 85.8 Å². The van der Waals surface area contributed by atoms with Crippen LogP contribution in [0.5, 0.6) is 0 Å². The number of hydrogen-bond acceptors (Lipinski definition) is 5. The number of halogens is 1. The lowest BCUT2D eigenvalue weighted by atomic mass is 9.80. The molecule has 4 heterocycles. The summed E-state index contributed by atoms with van der Waals surface area (Å²) >= 11 is 0. The summed E-state index contributed by atoms with van der Waals surface area (Å²) in [5.41, 5.74) is 3.94. The molecule has 1 aromatic carbocycles. The van der Waals surface area contributed by atoms with Crippen molar-refractivity contribution in [1.82, 2.24) is 24.3 Å². The third-order valence-corrected chi connectivity index (χ3v) is 9.63. The molecule has 0 unspecified atom stereocenters. The molecule has 0 spiro atoms. The van der Waals surface area contributed by atoms with Crippen LogP contribution in [0.1, 0.15) is 82.3 Å². The SMILES string of the molecule is Cc1cncc2c1c(C[C@@H]1CCN(CC3(C)CCN(C(=O)OC(C)(C)C)CC3)C1)cn2-c1ccc(F)cc1C(=O)N(C)C(C)C. The van der Waals surface area contributed by atoms with Crippen molar-refractivity contribution < 1.29 is 18.7 Å². The van der Waals surface area contributed by atoms with Gasteiger partial charge in [-0.2, -0.15) is 0 Å². The van der Waals surface area contributed by atoms with Crippen LogP contribution < -0.4 is 0 Å². The van der Waals surface area contributed by atoms with Gasteiger partial charge in [0.25, 0.3) is 5.91 Å². The number of carbonyl (C=O) groups is 2. The lowest BCUT2D eigenvalue weighted by molar-refractivity contribution is 0.00831. The Morgan fingerprint density at radius 2 is 1.87 bits per heavy atom. The molecule has 1 atom stereocenters. The fourth-order valence-electron chi connectivity index (χ4n) is 6.90. The van der Waals surface area contributed by atoms with Crippen molar-refractivity contribution in [3.63, 3.8) is 0 Å². The van der Waals surface area contributed by atoms with Gasteiger partial charge in [-0.25, -0.2) is 9.18 Å². The van der Waals surface area contributed by atoms with E-state index in [0.717, 1.165) is 74.9 Å². The van der Waals surface area contributed by atoms with E-state index in [2.05, 4.69) is 29.9 Å².